The maximum absolute atomic E-state index is 12.0. The van der Waals surface area contributed by atoms with E-state index < -0.39 is 0 Å². The van der Waals surface area contributed by atoms with E-state index in [1.165, 1.54) is 0 Å². The number of rotatable bonds is 3. The highest BCUT2D eigenvalue weighted by atomic mass is 35.5. The van der Waals surface area contributed by atoms with Gasteiger partial charge in [0.1, 0.15) is 5.52 Å². The molecule has 1 aromatic heterocycles. The largest absolute Gasteiger partial charge is 0.436 e. The maximum Gasteiger partial charge on any atom is 0.227 e. The highest BCUT2D eigenvalue weighted by Gasteiger charge is 2.25. The number of halogens is 1. The van der Waals surface area contributed by atoms with Crippen LogP contribution in [-0.2, 0) is 4.79 Å². The summed E-state index contributed by atoms with van der Waals surface area (Å²) in [7, 11) is 0. The lowest BCUT2D eigenvalue weighted by molar-refractivity contribution is -0.122. The van der Waals surface area contributed by atoms with Gasteiger partial charge in [0.25, 0.3) is 0 Å². The topological polar surface area (TPSA) is 55.1 Å². The molecule has 0 aliphatic heterocycles. The standard InChI is InChI=1S/C18H15ClN2O2/c19-13-6-2-5-12(9-13)18-21-15-10-14(7-8-16(15)23-18)20-17(22)11-3-1-4-11/h2,5-11H,1,3-4H2,(H,20,22). The number of benzene rings is 2. The SMILES string of the molecule is O=C(Nc1ccc2oc(-c3cccc(Cl)c3)nc2c1)C1CCC1. The Morgan fingerprint density at radius 3 is 2.83 bits per heavy atom. The van der Waals surface area contributed by atoms with Gasteiger partial charge in [0, 0.05) is 22.2 Å². The van der Waals surface area contributed by atoms with E-state index in [0.717, 1.165) is 30.5 Å². The van der Waals surface area contributed by atoms with Crippen molar-refractivity contribution in [2.75, 3.05) is 5.32 Å². The summed E-state index contributed by atoms with van der Waals surface area (Å²) in [6.07, 6.45) is 3.11. The summed E-state index contributed by atoms with van der Waals surface area (Å²) in [4.78, 5) is 16.5. The van der Waals surface area contributed by atoms with Crippen molar-refractivity contribution < 1.29 is 9.21 Å². The summed E-state index contributed by atoms with van der Waals surface area (Å²) >= 11 is 6.01. The monoisotopic (exact) mass is 326 g/mol. The summed E-state index contributed by atoms with van der Waals surface area (Å²) in [6, 6.07) is 12.9. The van der Waals surface area contributed by atoms with Crippen LogP contribution >= 0.6 is 11.6 Å². The molecule has 4 nitrogen and oxygen atoms in total. The van der Waals surface area contributed by atoms with Crippen molar-refractivity contribution in [3.8, 4) is 11.5 Å². The van der Waals surface area contributed by atoms with Crippen LogP contribution in [0.3, 0.4) is 0 Å². The Balaban J connectivity index is 1.62. The third-order valence-corrected chi connectivity index (χ3v) is 4.44. The van der Waals surface area contributed by atoms with Gasteiger partial charge < -0.3 is 9.73 Å². The van der Waals surface area contributed by atoms with Gasteiger partial charge in [-0.25, -0.2) is 4.98 Å². The van der Waals surface area contributed by atoms with E-state index in [2.05, 4.69) is 10.3 Å². The predicted octanol–water partition coefficient (Wildman–Crippen LogP) is 4.89. The molecule has 1 N–H and O–H groups in total. The predicted molar refractivity (Wildman–Crippen MR) is 90.4 cm³/mol. The molecular weight excluding hydrogens is 312 g/mol. The zero-order valence-corrected chi connectivity index (χ0v) is 13.1. The lowest BCUT2D eigenvalue weighted by Crippen LogP contribution is -2.27. The van der Waals surface area contributed by atoms with Gasteiger partial charge in [0.15, 0.2) is 5.58 Å². The number of fused-ring (bicyclic) bond motifs is 1. The Morgan fingerprint density at radius 2 is 2.09 bits per heavy atom. The molecule has 1 heterocycles. The van der Waals surface area contributed by atoms with Gasteiger partial charge in [0.2, 0.25) is 11.8 Å². The molecule has 1 amide bonds. The number of hydrogen-bond acceptors (Lipinski definition) is 3. The van der Waals surface area contributed by atoms with Crippen LogP contribution in [0.4, 0.5) is 5.69 Å². The summed E-state index contributed by atoms with van der Waals surface area (Å²) < 4.78 is 5.77. The van der Waals surface area contributed by atoms with Gasteiger partial charge >= 0.3 is 0 Å². The number of nitrogens with one attached hydrogen (secondary N) is 1. The van der Waals surface area contributed by atoms with Crippen molar-refractivity contribution in [3.05, 3.63) is 47.5 Å². The van der Waals surface area contributed by atoms with Crippen molar-refractivity contribution in [2.45, 2.75) is 19.3 Å². The van der Waals surface area contributed by atoms with Crippen LogP contribution in [0.5, 0.6) is 0 Å². The van der Waals surface area contributed by atoms with Gasteiger partial charge in [-0.1, -0.05) is 24.1 Å². The first kappa shape index (κ1) is 14.3. The summed E-state index contributed by atoms with van der Waals surface area (Å²) in [5, 5.41) is 3.59. The highest BCUT2D eigenvalue weighted by Crippen LogP contribution is 2.30. The van der Waals surface area contributed by atoms with E-state index >= 15 is 0 Å². The highest BCUT2D eigenvalue weighted by molar-refractivity contribution is 6.30. The first-order valence-corrected chi connectivity index (χ1v) is 8.04. The maximum atomic E-state index is 12.0. The van der Waals surface area contributed by atoms with E-state index in [1.807, 2.05) is 42.5 Å². The third-order valence-electron chi connectivity index (χ3n) is 4.20. The molecule has 5 heteroatoms. The molecular formula is C18H15ClN2O2. The van der Waals surface area contributed by atoms with Gasteiger partial charge in [-0.2, -0.15) is 0 Å². The number of oxazole rings is 1. The van der Waals surface area contributed by atoms with Crippen LogP contribution in [-0.4, -0.2) is 10.9 Å². The average Bonchev–Trinajstić information content (AvgIpc) is 2.88. The van der Waals surface area contributed by atoms with Crippen LogP contribution in [0.25, 0.3) is 22.6 Å². The molecule has 4 rings (SSSR count). The van der Waals surface area contributed by atoms with Gasteiger partial charge in [-0.3, -0.25) is 4.79 Å². The Morgan fingerprint density at radius 1 is 1.22 bits per heavy atom. The summed E-state index contributed by atoms with van der Waals surface area (Å²) in [5.41, 5.74) is 2.97. The molecule has 1 aliphatic carbocycles. The molecule has 0 radical (unpaired) electrons. The second-order valence-electron chi connectivity index (χ2n) is 5.83. The molecule has 0 saturated heterocycles. The van der Waals surface area contributed by atoms with Crippen LogP contribution < -0.4 is 5.32 Å². The normalized spacial score (nSPS) is 14.7. The number of hydrogen-bond donors (Lipinski definition) is 1. The van der Waals surface area contributed by atoms with Crippen LogP contribution in [0, 0.1) is 5.92 Å². The van der Waals surface area contributed by atoms with Crippen molar-refractivity contribution in [1.29, 1.82) is 0 Å². The number of carbonyl (C=O) groups excluding carboxylic acids is 1. The molecule has 1 saturated carbocycles. The zero-order valence-electron chi connectivity index (χ0n) is 12.4. The zero-order chi connectivity index (χ0) is 15.8. The fourth-order valence-electron chi connectivity index (χ4n) is 2.66. The van der Waals surface area contributed by atoms with Crippen LogP contribution in [0.15, 0.2) is 46.9 Å². The molecule has 3 aromatic rings. The van der Waals surface area contributed by atoms with Crippen molar-refractivity contribution >= 4 is 34.3 Å². The lowest BCUT2D eigenvalue weighted by atomic mass is 9.85. The van der Waals surface area contributed by atoms with Crippen LogP contribution in [0.2, 0.25) is 5.02 Å². The van der Waals surface area contributed by atoms with Crippen molar-refractivity contribution in [2.24, 2.45) is 5.92 Å². The van der Waals surface area contributed by atoms with Crippen molar-refractivity contribution in [1.82, 2.24) is 4.98 Å². The van der Waals surface area contributed by atoms with Gasteiger partial charge in [-0.15, -0.1) is 0 Å². The molecule has 0 atom stereocenters. The smallest absolute Gasteiger partial charge is 0.227 e. The molecule has 2 aromatic carbocycles. The Hall–Kier alpha value is -2.33. The molecule has 116 valence electrons. The second-order valence-corrected chi connectivity index (χ2v) is 6.27. The first-order chi connectivity index (χ1) is 11.2. The van der Waals surface area contributed by atoms with Crippen molar-refractivity contribution in [3.63, 3.8) is 0 Å². The lowest BCUT2D eigenvalue weighted by Gasteiger charge is -2.23. The number of amides is 1. The first-order valence-electron chi connectivity index (χ1n) is 7.66. The second kappa shape index (κ2) is 5.70. The van der Waals surface area contributed by atoms with E-state index in [9.17, 15) is 4.79 Å². The number of nitrogens with zero attached hydrogens (tertiary/aromatic N) is 1. The minimum atomic E-state index is 0.0918. The Labute approximate surface area is 138 Å². The van der Waals surface area contributed by atoms with Gasteiger partial charge in [0.05, 0.1) is 0 Å². The van der Waals surface area contributed by atoms with E-state index in [-0.39, 0.29) is 11.8 Å². The van der Waals surface area contributed by atoms with E-state index in [1.54, 1.807) is 0 Å². The molecule has 0 unspecified atom stereocenters. The molecule has 23 heavy (non-hydrogen) atoms. The quantitative estimate of drug-likeness (QED) is 0.745. The average molecular weight is 327 g/mol. The van der Waals surface area contributed by atoms with Gasteiger partial charge in [-0.05, 0) is 49.2 Å². The minimum Gasteiger partial charge on any atom is -0.436 e. The molecule has 1 aliphatic rings. The molecule has 0 spiro atoms. The summed E-state index contributed by atoms with van der Waals surface area (Å²) in [6.45, 7) is 0. The Bertz CT molecular complexity index is 884. The fraction of sp³-hybridized carbons (Fsp3) is 0.222. The van der Waals surface area contributed by atoms with E-state index in [4.69, 9.17) is 16.0 Å². The third kappa shape index (κ3) is 2.82. The number of aromatic nitrogens is 1. The number of anilines is 1. The molecule has 0 bridgehead atoms. The van der Waals surface area contributed by atoms with E-state index in [0.29, 0.717) is 22.0 Å². The summed E-state index contributed by atoms with van der Waals surface area (Å²) in [5.74, 6) is 0.768. The minimum absolute atomic E-state index is 0.0918. The van der Waals surface area contributed by atoms with Crippen LogP contribution in [0.1, 0.15) is 19.3 Å². The molecule has 1 fully saturated rings. The fourth-order valence-corrected chi connectivity index (χ4v) is 2.86. The Kier molecular flexibility index (Phi) is 3.54. The number of carbonyl (C=O) groups is 1.